The fourth-order valence-electron chi connectivity index (χ4n) is 3.63. The first-order valence-electron chi connectivity index (χ1n) is 8.85. The normalized spacial score (nSPS) is 13.4. The Kier molecular flexibility index (Phi) is 5.37. The summed E-state index contributed by atoms with van der Waals surface area (Å²) in [6.45, 7) is 7.11. The van der Waals surface area contributed by atoms with E-state index in [1.54, 1.807) is 0 Å². The van der Waals surface area contributed by atoms with Gasteiger partial charge in [-0.25, -0.2) is 0 Å². The van der Waals surface area contributed by atoms with Gasteiger partial charge in [-0.15, -0.1) is 0 Å². The SMILES string of the molecule is CC(C)Cc1ccccc1P(C)(I)(c1ccccc1)c1ccccc1. The van der Waals surface area contributed by atoms with Gasteiger partial charge in [0.1, 0.15) is 0 Å². The molecule has 0 amide bonds. The van der Waals surface area contributed by atoms with Crippen molar-refractivity contribution in [1.82, 2.24) is 0 Å². The third-order valence-corrected chi connectivity index (χ3v) is 14.5. The molecule has 0 saturated heterocycles. The minimum absolute atomic E-state index is 0.643. The predicted octanol–water partition coefficient (Wildman–Crippen LogP) is 5.69. The van der Waals surface area contributed by atoms with Gasteiger partial charge in [-0.3, -0.25) is 0 Å². The summed E-state index contributed by atoms with van der Waals surface area (Å²) in [5, 5.41) is 4.40. The summed E-state index contributed by atoms with van der Waals surface area (Å²) < 4.78 is -2.52. The van der Waals surface area contributed by atoms with Gasteiger partial charge in [0.25, 0.3) is 0 Å². The molecule has 0 atom stereocenters. The molecule has 0 aromatic heterocycles. The molecular weight excluding hydrogens is 434 g/mol. The first-order chi connectivity index (χ1) is 11.9. The van der Waals surface area contributed by atoms with E-state index in [-0.39, 0.29) is 0 Å². The molecule has 3 aromatic rings. The molecule has 0 heterocycles. The van der Waals surface area contributed by atoms with E-state index in [1.165, 1.54) is 21.5 Å². The number of hydrogen-bond acceptors (Lipinski definition) is 0. The van der Waals surface area contributed by atoms with Crippen LogP contribution in [0.4, 0.5) is 0 Å². The Bertz CT molecular complexity index is 795. The van der Waals surface area contributed by atoms with Crippen LogP contribution in [-0.4, -0.2) is 6.66 Å². The first-order valence-corrected chi connectivity index (χ1v) is 14.3. The fraction of sp³-hybridized carbons (Fsp3) is 0.217. The molecule has 0 nitrogen and oxygen atoms in total. The summed E-state index contributed by atoms with van der Waals surface area (Å²) in [5.41, 5.74) is 1.49. The van der Waals surface area contributed by atoms with E-state index < -0.39 is 4.25 Å². The van der Waals surface area contributed by atoms with Crippen LogP contribution in [0, 0.1) is 5.92 Å². The van der Waals surface area contributed by atoms with E-state index >= 15 is 0 Å². The van der Waals surface area contributed by atoms with E-state index in [0.29, 0.717) is 5.92 Å². The Morgan fingerprint density at radius 2 is 1.16 bits per heavy atom. The standard InChI is InChI=1S/C23H26IP/c1-19(2)18-20-12-10-11-17-23(20)25(3,24,21-13-6-4-7-14-21)22-15-8-5-9-16-22/h4-17,19H,18H2,1-3H3. The van der Waals surface area contributed by atoms with Crippen LogP contribution in [0.2, 0.25) is 0 Å². The summed E-state index contributed by atoms with van der Waals surface area (Å²) in [5.74, 6) is 0.643. The van der Waals surface area contributed by atoms with E-state index in [9.17, 15) is 0 Å². The second-order valence-corrected chi connectivity index (χ2v) is 18.9. The molecule has 3 rings (SSSR count). The van der Waals surface area contributed by atoms with E-state index in [0.717, 1.165) is 6.42 Å². The number of benzene rings is 3. The van der Waals surface area contributed by atoms with Crippen molar-refractivity contribution >= 4 is 42.2 Å². The molecule has 0 spiro atoms. The molecular formula is C23H26IP. The van der Waals surface area contributed by atoms with E-state index in [2.05, 4.69) is 127 Å². The Balaban J connectivity index is 2.35. The summed E-state index contributed by atoms with van der Waals surface area (Å²) in [4.78, 5) is 0. The summed E-state index contributed by atoms with van der Waals surface area (Å²) >= 11 is 2.81. The number of hydrogen-bond donors (Lipinski definition) is 0. The van der Waals surface area contributed by atoms with Crippen LogP contribution < -0.4 is 15.9 Å². The zero-order valence-electron chi connectivity index (χ0n) is 15.2. The first kappa shape index (κ1) is 18.6. The van der Waals surface area contributed by atoms with Crippen LogP contribution >= 0.6 is 26.3 Å². The number of halogens is 1. The van der Waals surface area contributed by atoms with Crippen LogP contribution in [0.5, 0.6) is 0 Å². The van der Waals surface area contributed by atoms with Crippen LogP contribution in [0.1, 0.15) is 19.4 Å². The molecule has 25 heavy (non-hydrogen) atoms. The van der Waals surface area contributed by atoms with Crippen molar-refractivity contribution in [2.45, 2.75) is 20.3 Å². The van der Waals surface area contributed by atoms with Crippen molar-refractivity contribution < 1.29 is 0 Å². The average molecular weight is 460 g/mol. The van der Waals surface area contributed by atoms with Crippen LogP contribution in [0.15, 0.2) is 84.9 Å². The second-order valence-electron chi connectivity index (χ2n) is 7.33. The molecule has 0 aliphatic rings. The van der Waals surface area contributed by atoms with Crippen LogP contribution in [-0.2, 0) is 6.42 Å². The predicted molar refractivity (Wildman–Crippen MR) is 124 cm³/mol. The molecule has 0 aliphatic carbocycles. The van der Waals surface area contributed by atoms with Crippen molar-refractivity contribution in [3.05, 3.63) is 90.5 Å². The van der Waals surface area contributed by atoms with Gasteiger partial charge >= 0.3 is 166 Å². The summed E-state index contributed by atoms with van der Waals surface area (Å²) in [6, 6.07) is 31.2. The zero-order valence-corrected chi connectivity index (χ0v) is 18.2. The molecule has 0 unspecified atom stereocenters. The quantitative estimate of drug-likeness (QED) is 0.339. The Morgan fingerprint density at radius 3 is 1.64 bits per heavy atom. The average Bonchev–Trinajstić information content (AvgIpc) is 2.63. The van der Waals surface area contributed by atoms with Crippen LogP contribution in [0.25, 0.3) is 0 Å². The Hall–Kier alpha value is -1.18. The molecule has 2 heteroatoms. The van der Waals surface area contributed by atoms with Gasteiger partial charge in [0, 0.05) is 0 Å². The maximum atomic E-state index is 2.81. The van der Waals surface area contributed by atoms with Gasteiger partial charge in [-0.05, 0) is 0 Å². The topological polar surface area (TPSA) is 0 Å². The monoisotopic (exact) mass is 460 g/mol. The van der Waals surface area contributed by atoms with Gasteiger partial charge in [0.15, 0.2) is 0 Å². The fourth-order valence-corrected chi connectivity index (χ4v) is 10.9. The summed E-state index contributed by atoms with van der Waals surface area (Å²) in [6.07, 6.45) is 1.12. The Morgan fingerprint density at radius 1 is 0.720 bits per heavy atom. The molecule has 0 N–H and O–H groups in total. The van der Waals surface area contributed by atoms with Gasteiger partial charge in [0.05, 0.1) is 0 Å². The molecule has 0 saturated carbocycles. The molecule has 0 aliphatic heterocycles. The minimum atomic E-state index is -2.52. The van der Waals surface area contributed by atoms with Gasteiger partial charge < -0.3 is 0 Å². The zero-order chi connectivity index (χ0) is 17.9. The molecule has 0 radical (unpaired) electrons. The Labute approximate surface area is 165 Å². The van der Waals surface area contributed by atoms with E-state index in [4.69, 9.17) is 0 Å². The van der Waals surface area contributed by atoms with Crippen molar-refractivity contribution in [2.75, 3.05) is 6.66 Å². The van der Waals surface area contributed by atoms with E-state index in [1.807, 2.05) is 0 Å². The maximum absolute atomic E-state index is 2.81. The van der Waals surface area contributed by atoms with Gasteiger partial charge in [0.2, 0.25) is 0 Å². The summed E-state index contributed by atoms with van der Waals surface area (Å²) in [7, 11) is 0. The van der Waals surface area contributed by atoms with Crippen molar-refractivity contribution in [2.24, 2.45) is 5.92 Å². The third-order valence-electron chi connectivity index (χ3n) is 4.93. The molecule has 130 valence electrons. The molecule has 3 aromatic carbocycles. The van der Waals surface area contributed by atoms with Crippen molar-refractivity contribution in [3.63, 3.8) is 0 Å². The van der Waals surface area contributed by atoms with Crippen molar-refractivity contribution in [1.29, 1.82) is 0 Å². The van der Waals surface area contributed by atoms with Gasteiger partial charge in [-0.1, -0.05) is 0 Å². The molecule has 0 fully saturated rings. The van der Waals surface area contributed by atoms with Crippen LogP contribution in [0.3, 0.4) is 0 Å². The molecule has 0 bridgehead atoms. The third kappa shape index (κ3) is 3.41. The second kappa shape index (κ2) is 7.21. The number of rotatable bonds is 5. The van der Waals surface area contributed by atoms with Gasteiger partial charge in [-0.2, -0.15) is 0 Å². The van der Waals surface area contributed by atoms with Crippen molar-refractivity contribution in [3.8, 4) is 0 Å².